The minimum Gasteiger partial charge on any atom is -0.491 e. The Morgan fingerprint density at radius 2 is 1.78 bits per heavy atom. The van der Waals surface area contributed by atoms with Gasteiger partial charge in [-0.3, -0.25) is 9.59 Å². The first kappa shape index (κ1) is 27.1. The molecule has 0 bridgehead atoms. The van der Waals surface area contributed by atoms with Gasteiger partial charge in [-0.05, 0) is 62.9 Å². The summed E-state index contributed by atoms with van der Waals surface area (Å²) in [5.41, 5.74) is 4.15. The molecule has 1 heterocycles. The van der Waals surface area contributed by atoms with Gasteiger partial charge < -0.3 is 19.7 Å². The van der Waals surface area contributed by atoms with Crippen LogP contribution in [0.4, 0.5) is 0 Å². The molecule has 0 unspecified atom stereocenters. The average molecular weight is 492 g/mol. The number of imidazole rings is 1. The highest BCUT2D eigenvalue weighted by atomic mass is 16.5. The van der Waals surface area contributed by atoms with Crippen LogP contribution < -0.4 is 10.1 Å². The third-order valence-corrected chi connectivity index (χ3v) is 5.97. The molecule has 1 amide bonds. The van der Waals surface area contributed by atoms with Crippen molar-refractivity contribution in [2.75, 3.05) is 6.61 Å². The molecule has 7 nitrogen and oxygen atoms in total. The van der Waals surface area contributed by atoms with Crippen LogP contribution >= 0.6 is 0 Å². The summed E-state index contributed by atoms with van der Waals surface area (Å²) in [5.74, 6) is 0.937. The van der Waals surface area contributed by atoms with Gasteiger partial charge in [0.25, 0.3) is 5.91 Å². The molecule has 2 N–H and O–H groups in total. The van der Waals surface area contributed by atoms with E-state index < -0.39 is 0 Å². The topological polar surface area (TPSA) is 93.5 Å². The van der Waals surface area contributed by atoms with Crippen LogP contribution in [0, 0.1) is 12.8 Å². The molecule has 1 aromatic heterocycles. The van der Waals surface area contributed by atoms with Crippen molar-refractivity contribution in [1.29, 1.82) is 0 Å². The Morgan fingerprint density at radius 1 is 1.08 bits per heavy atom. The Morgan fingerprint density at radius 3 is 2.36 bits per heavy atom. The maximum Gasteiger partial charge on any atom is 0.251 e. The first-order chi connectivity index (χ1) is 17.1. The highest BCUT2D eigenvalue weighted by Gasteiger charge is 2.19. The van der Waals surface area contributed by atoms with Crippen molar-refractivity contribution in [1.82, 2.24) is 14.9 Å². The van der Waals surface area contributed by atoms with Gasteiger partial charge in [0, 0.05) is 42.9 Å². The Bertz CT molecular complexity index is 1200. The third kappa shape index (κ3) is 6.82. The van der Waals surface area contributed by atoms with E-state index in [1.165, 1.54) is 0 Å². The van der Waals surface area contributed by atoms with Crippen LogP contribution in [0.25, 0.3) is 11.3 Å². The number of carbonyl (C=O) groups excluding carboxylic acids is 2. The van der Waals surface area contributed by atoms with Crippen LogP contribution in [0.2, 0.25) is 0 Å². The zero-order chi connectivity index (χ0) is 26.4. The predicted octanol–water partition coefficient (Wildman–Crippen LogP) is 4.74. The van der Waals surface area contributed by atoms with Crippen LogP contribution in [-0.4, -0.2) is 45.1 Å². The summed E-state index contributed by atoms with van der Waals surface area (Å²) < 4.78 is 7.53. The van der Waals surface area contributed by atoms with E-state index >= 15 is 0 Å². The summed E-state index contributed by atoms with van der Waals surface area (Å²) >= 11 is 0. The van der Waals surface area contributed by atoms with Crippen molar-refractivity contribution in [2.45, 2.75) is 59.6 Å². The van der Waals surface area contributed by atoms with E-state index in [2.05, 4.69) is 10.3 Å². The number of ketones is 1. The maximum absolute atomic E-state index is 12.9. The summed E-state index contributed by atoms with van der Waals surface area (Å²) in [6.45, 7) is 9.56. The summed E-state index contributed by atoms with van der Waals surface area (Å²) in [6.07, 6.45) is 2.95. The van der Waals surface area contributed by atoms with Crippen LogP contribution in [0.15, 0.2) is 48.7 Å². The smallest absolute Gasteiger partial charge is 0.251 e. The molecular weight excluding hydrogens is 454 g/mol. The molecule has 0 saturated heterocycles. The molecule has 36 heavy (non-hydrogen) atoms. The number of nitrogens with zero attached hydrogens (tertiary/aromatic N) is 2. The lowest BCUT2D eigenvalue weighted by atomic mass is 10.0. The fourth-order valence-electron chi connectivity index (χ4n) is 4.02. The van der Waals surface area contributed by atoms with Gasteiger partial charge in [-0.1, -0.05) is 38.1 Å². The minimum atomic E-state index is -0.217. The normalized spacial score (nSPS) is 12.1. The number of nitrogens with one attached hydrogen (secondary N) is 1. The van der Waals surface area contributed by atoms with Gasteiger partial charge in [0.05, 0.1) is 11.8 Å². The fourth-order valence-corrected chi connectivity index (χ4v) is 4.02. The van der Waals surface area contributed by atoms with E-state index in [1.807, 2.05) is 84.3 Å². The lowest BCUT2D eigenvalue weighted by Crippen LogP contribution is -2.37. The van der Waals surface area contributed by atoms with Crippen molar-refractivity contribution in [3.8, 4) is 17.0 Å². The van der Waals surface area contributed by atoms with Crippen LogP contribution in [0.5, 0.6) is 5.75 Å². The van der Waals surface area contributed by atoms with E-state index in [4.69, 9.17) is 4.74 Å². The number of aliphatic hydroxyl groups is 1. The molecule has 1 atom stereocenters. The number of ether oxygens (including phenoxy) is 1. The zero-order valence-corrected chi connectivity index (χ0v) is 22.0. The number of aliphatic hydroxyl groups excluding tert-OH is 1. The number of hydrogen-bond acceptors (Lipinski definition) is 5. The Hall–Kier alpha value is -3.45. The van der Waals surface area contributed by atoms with Gasteiger partial charge >= 0.3 is 0 Å². The molecule has 3 aromatic rings. The number of benzene rings is 2. The Labute approximate surface area is 213 Å². The van der Waals surface area contributed by atoms with Crippen LogP contribution in [-0.2, 0) is 13.5 Å². The maximum atomic E-state index is 12.9. The molecule has 0 aliphatic carbocycles. The lowest BCUT2D eigenvalue weighted by Gasteiger charge is -2.19. The second-order valence-corrected chi connectivity index (χ2v) is 9.81. The monoisotopic (exact) mass is 491 g/mol. The third-order valence-electron chi connectivity index (χ3n) is 5.97. The van der Waals surface area contributed by atoms with Gasteiger partial charge in [-0.2, -0.15) is 0 Å². The number of Topliss-reactive ketones (excluding diaryl/α,β-unsaturated/α-hetero) is 1. The number of rotatable bonds is 11. The summed E-state index contributed by atoms with van der Waals surface area (Å²) in [6, 6.07) is 13.1. The quantitative estimate of drug-likeness (QED) is 0.378. The van der Waals surface area contributed by atoms with E-state index in [9.17, 15) is 14.7 Å². The van der Waals surface area contributed by atoms with Gasteiger partial charge in [0.2, 0.25) is 5.78 Å². The highest BCUT2D eigenvalue weighted by molar-refractivity contribution is 5.95. The molecular formula is C29H37N3O4. The molecule has 0 aliphatic heterocycles. The van der Waals surface area contributed by atoms with Gasteiger partial charge in [-0.25, -0.2) is 4.98 Å². The average Bonchev–Trinajstić information content (AvgIpc) is 3.21. The Kier molecular flexibility index (Phi) is 9.04. The molecule has 3 rings (SSSR count). The molecule has 0 fully saturated rings. The number of amides is 1. The highest BCUT2D eigenvalue weighted by Crippen LogP contribution is 2.22. The summed E-state index contributed by atoms with van der Waals surface area (Å²) in [4.78, 5) is 29.8. The predicted molar refractivity (Wildman–Crippen MR) is 141 cm³/mol. The molecule has 2 aromatic carbocycles. The van der Waals surface area contributed by atoms with E-state index in [0.29, 0.717) is 24.2 Å². The molecule has 0 saturated carbocycles. The summed E-state index contributed by atoms with van der Waals surface area (Å²) in [7, 11) is 1.83. The van der Waals surface area contributed by atoms with Crippen molar-refractivity contribution < 1.29 is 19.4 Å². The molecule has 7 heteroatoms. The van der Waals surface area contributed by atoms with Crippen molar-refractivity contribution in [3.05, 3.63) is 71.2 Å². The second kappa shape index (κ2) is 12.0. The van der Waals surface area contributed by atoms with Gasteiger partial charge in [0.15, 0.2) is 5.82 Å². The molecule has 0 spiro atoms. The number of carbonyl (C=O) groups is 2. The number of hydrogen-bond donors (Lipinski definition) is 2. The van der Waals surface area contributed by atoms with Gasteiger partial charge in [0.1, 0.15) is 5.75 Å². The van der Waals surface area contributed by atoms with Crippen molar-refractivity contribution in [2.24, 2.45) is 13.0 Å². The van der Waals surface area contributed by atoms with Crippen molar-refractivity contribution >= 4 is 11.7 Å². The van der Waals surface area contributed by atoms with Gasteiger partial charge in [-0.15, -0.1) is 0 Å². The lowest BCUT2D eigenvalue weighted by molar-refractivity contribution is 0.0919. The zero-order valence-electron chi connectivity index (χ0n) is 22.0. The SMILES string of the molecule is Cc1cc(C(=O)N[C@H](CCO)Cc2ccc(-c3cn(C)c(C(=O)C(C)C)n3)cc2)ccc1OC(C)C. The van der Waals surface area contributed by atoms with E-state index in [0.717, 1.165) is 28.1 Å². The largest absolute Gasteiger partial charge is 0.491 e. The molecule has 0 aliphatic rings. The first-order valence-electron chi connectivity index (χ1n) is 12.4. The number of aryl methyl sites for hydroxylation is 2. The van der Waals surface area contributed by atoms with Crippen LogP contribution in [0.1, 0.15) is 66.2 Å². The van der Waals surface area contributed by atoms with E-state index in [-0.39, 0.29) is 36.4 Å². The Balaban J connectivity index is 1.69. The fraction of sp³-hybridized carbons (Fsp3) is 0.414. The summed E-state index contributed by atoms with van der Waals surface area (Å²) in [5, 5.41) is 12.6. The van der Waals surface area contributed by atoms with E-state index in [1.54, 1.807) is 10.6 Å². The minimum absolute atomic E-state index is 0.0141. The second-order valence-electron chi connectivity index (χ2n) is 9.81. The van der Waals surface area contributed by atoms with Crippen molar-refractivity contribution in [3.63, 3.8) is 0 Å². The molecule has 0 radical (unpaired) electrons. The first-order valence-corrected chi connectivity index (χ1v) is 12.4. The molecule has 192 valence electrons. The van der Waals surface area contributed by atoms with Crippen LogP contribution in [0.3, 0.4) is 0 Å². The standard InChI is InChI=1S/C29H37N3O4/c1-18(2)27(34)28-31-25(17-32(28)6)22-9-7-21(8-10-22)16-24(13-14-33)30-29(35)23-11-12-26(20(5)15-23)36-19(3)4/h7-12,15,17-19,24,33H,13-14,16H2,1-6H3,(H,30,35)/t24-/m1/s1. The number of aromatic nitrogens is 2.